The lowest BCUT2D eigenvalue weighted by Gasteiger charge is -2.26. The van der Waals surface area contributed by atoms with Gasteiger partial charge < -0.3 is 23.9 Å². The Bertz CT molecular complexity index is 1310. The number of rotatable bonds is 7. The number of aromatic nitrogens is 1. The van der Waals surface area contributed by atoms with E-state index in [1.54, 1.807) is 18.3 Å². The summed E-state index contributed by atoms with van der Waals surface area (Å²) in [5.74, 6) is 1.20. The van der Waals surface area contributed by atoms with Crippen molar-refractivity contribution in [1.82, 2.24) is 14.8 Å². The summed E-state index contributed by atoms with van der Waals surface area (Å²) in [6.45, 7) is 0.411. The number of hydrogen-bond acceptors (Lipinski definition) is 4. The molecule has 5 rings (SSSR count). The summed E-state index contributed by atoms with van der Waals surface area (Å²) in [5.41, 5.74) is 3.49. The molecule has 3 heterocycles. The lowest BCUT2D eigenvalue weighted by atomic mass is 9.98. The number of nitrogens with one attached hydrogen (secondary N) is 1. The van der Waals surface area contributed by atoms with E-state index in [0.717, 1.165) is 33.5 Å². The van der Waals surface area contributed by atoms with Gasteiger partial charge in [-0.05, 0) is 35.9 Å². The standard InChI is InChI=1S/C26H25N3O4/c1-28-21-8-4-3-7-20(21)23-24(17-9-11-18(32-2)12-10-17)29(26(31)25(23)28)16-22(30)27-14-13-19-6-5-15-33-19/h3-12,15,24H,13-14,16H2,1-2H3,(H,27,30)/t24-/m0/s1. The van der Waals surface area contributed by atoms with Crippen LogP contribution < -0.4 is 10.1 Å². The first-order valence-electron chi connectivity index (χ1n) is 10.9. The fraction of sp³-hybridized carbons (Fsp3) is 0.231. The summed E-state index contributed by atoms with van der Waals surface area (Å²) in [6, 6.07) is 19.0. The lowest BCUT2D eigenvalue weighted by molar-refractivity contribution is -0.122. The van der Waals surface area contributed by atoms with Gasteiger partial charge in [0.05, 0.1) is 19.4 Å². The molecule has 2 aromatic carbocycles. The Kier molecular flexibility index (Phi) is 5.38. The van der Waals surface area contributed by atoms with Crippen molar-refractivity contribution in [1.29, 1.82) is 0 Å². The van der Waals surface area contributed by atoms with Gasteiger partial charge >= 0.3 is 0 Å². The van der Waals surface area contributed by atoms with Crippen molar-refractivity contribution < 1.29 is 18.7 Å². The molecule has 1 atom stereocenters. The molecular formula is C26H25N3O4. The summed E-state index contributed by atoms with van der Waals surface area (Å²) in [7, 11) is 3.52. The topological polar surface area (TPSA) is 76.7 Å². The SMILES string of the molecule is COc1ccc([C@H]2c3c(n(C)c4ccccc34)C(=O)N2CC(=O)NCCc2ccco2)cc1. The second-order valence-electron chi connectivity index (χ2n) is 8.13. The summed E-state index contributed by atoms with van der Waals surface area (Å²) >= 11 is 0. The van der Waals surface area contributed by atoms with Gasteiger partial charge in [0, 0.05) is 36.5 Å². The zero-order valence-electron chi connectivity index (χ0n) is 18.6. The maximum Gasteiger partial charge on any atom is 0.272 e. The number of amides is 2. The predicted octanol–water partition coefficient (Wildman–Crippen LogP) is 3.68. The average molecular weight is 444 g/mol. The third-order valence-corrected chi connectivity index (χ3v) is 6.21. The molecule has 2 aromatic heterocycles. The molecule has 1 aliphatic heterocycles. The Morgan fingerprint density at radius 2 is 1.88 bits per heavy atom. The molecule has 4 aromatic rings. The number of carbonyl (C=O) groups is 2. The van der Waals surface area contributed by atoms with E-state index in [1.807, 2.05) is 72.3 Å². The van der Waals surface area contributed by atoms with Crippen molar-refractivity contribution in [2.45, 2.75) is 12.5 Å². The highest BCUT2D eigenvalue weighted by molar-refractivity contribution is 6.07. The molecule has 0 radical (unpaired) electrons. The minimum atomic E-state index is -0.361. The zero-order chi connectivity index (χ0) is 22.9. The molecule has 0 saturated carbocycles. The van der Waals surface area contributed by atoms with Crippen LogP contribution in [0.15, 0.2) is 71.3 Å². The number of nitrogens with zero attached hydrogens (tertiary/aromatic N) is 2. The zero-order valence-corrected chi connectivity index (χ0v) is 18.6. The number of carbonyl (C=O) groups excluding carboxylic acids is 2. The van der Waals surface area contributed by atoms with Gasteiger partial charge in [-0.1, -0.05) is 30.3 Å². The van der Waals surface area contributed by atoms with Crippen LogP contribution in [0, 0.1) is 0 Å². The molecule has 0 bridgehead atoms. The first-order valence-corrected chi connectivity index (χ1v) is 10.9. The number of furan rings is 1. The molecule has 33 heavy (non-hydrogen) atoms. The summed E-state index contributed by atoms with van der Waals surface area (Å²) in [6.07, 6.45) is 2.21. The molecule has 7 nitrogen and oxygen atoms in total. The maximum atomic E-state index is 13.6. The van der Waals surface area contributed by atoms with Gasteiger partial charge in [-0.2, -0.15) is 0 Å². The number of ether oxygens (including phenoxy) is 1. The van der Waals surface area contributed by atoms with Crippen LogP contribution in [-0.2, 0) is 18.3 Å². The Morgan fingerprint density at radius 1 is 1.09 bits per heavy atom. The quantitative estimate of drug-likeness (QED) is 0.473. The molecule has 7 heteroatoms. The first kappa shape index (κ1) is 20.9. The van der Waals surface area contributed by atoms with E-state index >= 15 is 0 Å². The van der Waals surface area contributed by atoms with Crippen LogP contribution in [-0.4, -0.2) is 41.5 Å². The highest BCUT2D eigenvalue weighted by Crippen LogP contribution is 2.43. The Balaban J connectivity index is 1.47. The fourth-order valence-corrected chi connectivity index (χ4v) is 4.65. The van der Waals surface area contributed by atoms with Gasteiger partial charge in [0.25, 0.3) is 5.91 Å². The van der Waals surface area contributed by atoms with Crippen molar-refractivity contribution in [2.75, 3.05) is 20.2 Å². The van der Waals surface area contributed by atoms with Crippen LogP contribution in [0.3, 0.4) is 0 Å². The van der Waals surface area contributed by atoms with E-state index in [-0.39, 0.29) is 24.4 Å². The van der Waals surface area contributed by atoms with Crippen molar-refractivity contribution in [3.63, 3.8) is 0 Å². The average Bonchev–Trinajstić information content (AvgIpc) is 3.52. The summed E-state index contributed by atoms with van der Waals surface area (Å²) in [5, 5.41) is 3.93. The van der Waals surface area contributed by atoms with Crippen LogP contribution in [0.5, 0.6) is 5.75 Å². The fourth-order valence-electron chi connectivity index (χ4n) is 4.65. The first-order chi connectivity index (χ1) is 16.1. The smallest absolute Gasteiger partial charge is 0.272 e. The molecular weight excluding hydrogens is 418 g/mol. The molecule has 1 N–H and O–H groups in total. The van der Waals surface area contributed by atoms with Crippen molar-refractivity contribution >= 4 is 22.7 Å². The van der Waals surface area contributed by atoms with Gasteiger partial charge in [0.15, 0.2) is 0 Å². The number of hydrogen-bond donors (Lipinski definition) is 1. The van der Waals surface area contributed by atoms with Crippen LogP contribution in [0.1, 0.15) is 33.4 Å². The third kappa shape index (κ3) is 3.65. The van der Waals surface area contributed by atoms with Crippen LogP contribution in [0.25, 0.3) is 10.9 Å². The monoisotopic (exact) mass is 443 g/mol. The van der Waals surface area contributed by atoms with Gasteiger partial charge in [-0.25, -0.2) is 0 Å². The van der Waals surface area contributed by atoms with E-state index in [1.165, 1.54) is 0 Å². The van der Waals surface area contributed by atoms with Gasteiger partial charge in [-0.15, -0.1) is 0 Å². The summed E-state index contributed by atoms with van der Waals surface area (Å²) in [4.78, 5) is 28.0. The molecule has 0 fully saturated rings. The Hall–Kier alpha value is -4.00. The van der Waals surface area contributed by atoms with E-state index < -0.39 is 0 Å². The largest absolute Gasteiger partial charge is 0.497 e. The molecule has 2 amide bonds. The van der Waals surface area contributed by atoms with Gasteiger partial charge in [-0.3, -0.25) is 9.59 Å². The second kappa shape index (κ2) is 8.50. The highest BCUT2D eigenvalue weighted by atomic mass is 16.5. The van der Waals surface area contributed by atoms with Crippen molar-refractivity contribution in [3.05, 3.63) is 89.5 Å². The van der Waals surface area contributed by atoms with Crippen LogP contribution in [0.4, 0.5) is 0 Å². The van der Waals surface area contributed by atoms with Gasteiger partial charge in [0.2, 0.25) is 5.91 Å². The van der Waals surface area contributed by atoms with E-state index in [9.17, 15) is 9.59 Å². The predicted molar refractivity (Wildman–Crippen MR) is 124 cm³/mol. The van der Waals surface area contributed by atoms with E-state index in [0.29, 0.717) is 18.7 Å². The Morgan fingerprint density at radius 3 is 2.61 bits per heavy atom. The highest BCUT2D eigenvalue weighted by Gasteiger charge is 2.42. The lowest BCUT2D eigenvalue weighted by Crippen LogP contribution is -2.40. The number of aryl methyl sites for hydroxylation is 1. The number of para-hydroxylation sites is 1. The molecule has 168 valence electrons. The number of methoxy groups -OCH3 is 1. The second-order valence-corrected chi connectivity index (χ2v) is 8.13. The summed E-state index contributed by atoms with van der Waals surface area (Å²) < 4.78 is 12.6. The molecule has 0 spiro atoms. The molecule has 0 aliphatic carbocycles. The molecule has 0 saturated heterocycles. The molecule has 1 aliphatic rings. The Labute approximate surface area is 191 Å². The van der Waals surface area contributed by atoms with E-state index in [4.69, 9.17) is 9.15 Å². The minimum absolute atomic E-state index is 0.0311. The van der Waals surface area contributed by atoms with Crippen molar-refractivity contribution in [3.8, 4) is 5.75 Å². The number of fused-ring (bicyclic) bond motifs is 3. The van der Waals surface area contributed by atoms with Crippen molar-refractivity contribution in [2.24, 2.45) is 7.05 Å². The van der Waals surface area contributed by atoms with E-state index in [2.05, 4.69) is 5.32 Å². The minimum Gasteiger partial charge on any atom is -0.497 e. The number of benzene rings is 2. The van der Waals surface area contributed by atoms with Crippen LogP contribution >= 0.6 is 0 Å². The normalized spacial score (nSPS) is 15.2. The maximum absolute atomic E-state index is 13.6. The molecule has 0 unspecified atom stereocenters. The van der Waals surface area contributed by atoms with Gasteiger partial charge in [0.1, 0.15) is 23.7 Å². The third-order valence-electron chi connectivity index (χ3n) is 6.21. The van der Waals surface area contributed by atoms with Crippen LogP contribution in [0.2, 0.25) is 0 Å².